The van der Waals surface area contributed by atoms with Crippen molar-refractivity contribution in [3.63, 3.8) is 0 Å². The van der Waals surface area contributed by atoms with Gasteiger partial charge in [-0.25, -0.2) is 0 Å². The van der Waals surface area contributed by atoms with Crippen LogP contribution in [-0.2, 0) is 0 Å². The molecule has 0 spiro atoms. The van der Waals surface area contributed by atoms with E-state index in [1.54, 1.807) is 0 Å². The van der Waals surface area contributed by atoms with Crippen molar-refractivity contribution in [3.8, 4) is 0 Å². The molecule has 0 rings (SSSR count). The van der Waals surface area contributed by atoms with E-state index >= 15 is 0 Å². The molecule has 74 valence electrons. The Bertz CT molecular complexity index is 102. The van der Waals surface area contributed by atoms with Gasteiger partial charge in [0, 0.05) is 6.61 Å². The molecule has 0 saturated carbocycles. The summed E-state index contributed by atoms with van der Waals surface area (Å²) in [6, 6.07) is 0. The molecule has 1 N–H and O–H groups in total. The van der Waals surface area contributed by atoms with E-state index in [0.717, 1.165) is 10.9 Å². The molecule has 0 aromatic carbocycles. The molecule has 0 aromatic rings. The number of unbranched alkanes of at least 4 members (excludes halogenated alkanes) is 2. The lowest BCUT2D eigenvalue weighted by Gasteiger charge is -2.29. The summed E-state index contributed by atoms with van der Waals surface area (Å²) in [6.07, 6.45) is 4.63. The van der Waals surface area contributed by atoms with E-state index < -0.39 is 0 Å². The van der Waals surface area contributed by atoms with E-state index in [4.69, 9.17) is 5.11 Å². The molecule has 0 aromatic heterocycles. The summed E-state index contributed by atoms with van der Waals surface area (Å²) in [6.45, 7) is 5.09. The number of nitrogens with zero attached hydrogens (tertiary/aromatic N) is 1. The summed E-state index contributed by atoms with van der Waals surface area (Å²) < 4.78 is 1.13. The highest BCUT2D eigenvalue weighted by Crippen LogP contribution is 2.04. The zero-order chi connectivity index (χ0) is 9.45. The standard InChI is InChI=1S/C10H24NO/c1-4-8-11(2,3)9-6-5-7-10-12/h12H,4-10H2,1-3H3/q+1. The van der Waals surface area contributed by atoms with Crippen molar-refractivity contribution in [2.45, 2.75) is 32.6 Å². The van der Waals surface area contributed by atoms with Crippen molar-refractivity contribution in [3.05, 3.63) is 0 Å². The number of rotatable bonds is 7. The molecule has 2 heteroatoms. The van der Waals surface area contributed by atoms with Gasteiger partial charge in [0.2, 0.25) is 0 Å². The minimum atomic E-state index is 0.348. The molecular weight excluding hydrogens is 150 g/mol. The van der Waals surface area contributed by atoms with Gasteiger partial charge < -0.3 is 9.59 Å². The Morgan fingerprint density at radius 1 is 1.00 bits per heavy atom. The second-order valence-electron chi connectivity index (χ2n) is 4.17. The van der Waals surface area contributed by atoms with Crippen LogP contribution in [0.1, 0.15) is 32.6 Å². The maximum atomic E-state index is 8.59. The van der Waals surface area contributed by atoms with E-state index in [1.807, 2.05) is 0 Å². The first kappa shape index (κ1) is 11.9. The van der Waals surface area contributed by atoms with Gasteiger partial charge in [0.25, 0.3) is 0 Å². The predicted octanol–water partition coefficient (Wildman–Crippen LogP) is 1.64. The number of aliphatic hydroxyl groups excluding tert-OH is 1. The summed E-state index contributed by atoms with van der Waals surface area (Å²) in [7, 11) is 4.56. The van der Waals surface area contributed by atoms with Gasteiger partial charge in [0.1, 0.15) is 0 Å². The van der Waals surface area contributed by atoms with E-state index in [1.165, 1.54) is 32.4 Å². The Hall–Kier alpha value is -0.0800. The Kier molecular flexibility index (Phi) is 6.39. The molecule has 0 aliphatic carbocycles. The van der Waals surface area contributed by atoms with Crippen LogP contribution in [-0.4, -0.2) is 43.4 Å². The van der Waals surface area contributed by atoms with Gasteiger partial charge in [0.15, 0.2) is 0 Å². The summed E-state index contributed by atoms with van der Waals surface area (Å²) >= 11 is 0. The Labute approximate surface area is 76.8 Å². The summed E-state index contributed by atoms with van der Waals surface area (Å²) in [5, 5.41) is 8.59. The Morgan fingerprint density at radius 3 is 2.17 bits per heavy atom. The van der Waals surface area contributed by atoms with Gasteiger partial charge in [0.05, 0.1) is 27.2 Å². The number of hydrogen-bond donors (Lipinski definition) is 1. The van der Waals surface area contributed by atoms with E-state index in [-0.39, 0.29) is 0 Å². The lowest BCUT2D eigenvalue weighted by Crippen LogP contribution is -2.40. The minimum absolute atomic E-state index is 0.348. The molecule has 0 bridgehead atoms. The summed E-state index contributed by atoms with van der Waals surface area (Å²) in [4.78, 5) is 0. The van der Waals surface area contributed by atoms with Crippen LogP contribution in [0.2, 0.25) is 0 Å². The van der Waals surface area contributed by atoms with Crippen LogP contribution in [0.5, 0.6) is 0 Å². The fraction of sp³-hybridized carbons (Fsp3) is 1.00. The van der Waals surface area contributed by atoms with Gasteiger partial charge in [-0.1, -0.05) is 6.92 Å². The van der Waals surface area contributed by atoms with Gasteiger partial charge in [-0.2, -0.15) is 0 Å². The van der Waals surface area contributed by atoms with Crippen molar-refractivity contribution in [1.82, 2.24) is 0 Å². The molecule has 0 heterocycles. The van der Waals surface area contributed by atoms with Crippen LogP contribution in [0.4, 0.5) is 0 Å². The minimum Gasteiger partial charge on any atom is -0.396 e. The quantitative estimate of drug-likeness (QED) is 0.459. The zero-order valence-corrected chi connectivity index (χ0v) is 8.84. The lowest BCUT2D eigenvalue weighted by atomic mass is 10.2. The van der Waals surface area contributed by atoms with Crippen LogP contribution in [0, 0.1) is 0 Å². The monoisotopic (exact) mass is 174 g/mol. The zero-order valence-electron chi connectivity index (χ0n) is 8.84. The second kappa shape index (κ2) is 6.44. The molecule has 12 heavy (non-hydrogen) atoms. The molecule has 0 aliphatic rings. The molecular formula is C10H24NO+. The highest BCUT2D eigenvalue weighted by molar-refractivity contribution is 4.40. The fourth-order valence-corrected chi connectivity index (χ4v) is 1.55. The largest absolute Gasteiger partial charge is 0.396 e. The van der Waals surface area contributed by atoms with Crippen molar-refractivity contribution in [1.29, 1.82) is 0 Å². The molecule has 0 amide bonds. The Balaban J connectivity index is 3.33. The lowest BCUT2D eigenvalue weighted by molar-refractivity contribution is -0.890. The summed E-state index contributed by atoms with van der Waals surface area (Å²) in [5.41, 5.74) is 0. The first-order valence-electron chi connectivity index (χ1n) is 5.05. The van der Waals surface area contributed by atoms with Gasteiger partial charge >= 0.3 is 0 Å². The predicted molar refractivity (Wildman–Crippen MR) is 53.1 cm³/mol. The molecule has 0 unspecified atom stereocenters. The maximum Gasteiger partial charge on any atom is 0.0782 e. The van der Waals surface area contributed by atoms with Gasteiger partial charge in [-0.3, -0.25) is 0 Å². The fourth-order valence-electron chi connectivity index (χ4n) is 1.55. The van der Waals surface area contributed by atoms with E-state index in [9.17, 15) is 0 Å². The number of aliphatic hydroxyl groups is 1. The molecule has 2 nitrogen and oxygen atoms in total. The Morgan fingerprint density at radius 2 is 1.67 bits per heavy atom. The maximum absolute atomic E-state index is 8.59. The smallest absolute Gasteiger partial charge is 0.0782 e. The number of hydrogen-bond acceptors (Lipinski definition) is 1. The van der Waals surface area contributed by atoms with Gasteiger partial charge in [-0.05, 0) is 25.7 Å². The second-order valence-corrected chi connectivity index (χ2v) is 4.17. The van der Waals surface area contributed by atoms with Crippen LogP contribution in [0.3, 0.4) is 0 Å². The molecule has 0 saturated heterocycles. The molecule has 0 fully saturated rings. The van der Waals surface area contributed by atoms with Crippen LogP contribution < -0.4 is 0 Å². The summed E-state index contributed by atoms with van der Waals surface area (Å²) in [5.74, 6) is 0. The normalized spacial score (nSPS) is 12.0. The first-order chi connectivity index (χ1) is 5.62. The van der Waals surface area contributed by atoms with Crippen molar-refractivity contribution in [2.75, 3.05) is 33.8 Å². The van der Waals surface area contributed by atoms with Crippen molar-refractivity contribution >= 4 is 0 Å². The van der Waals surface area contributed by atoms with E-state index in [0.29, 0.717) is 6.61 Å². The van der Waals surface area contributed by atoms with Crippen LogP contribution in [0.25, 0.3) is 0 Å². The van der Waals surface area contributed by atoms with Crippen molar-refractivity contribution in [2.24, 2.45) is 0 Å². The average Bonchev–Trinajstić information content (AvgIpc) is 1.98. The van der Waals surface area contributed by atoms with E-state index in [2.05, 4.69) is 21.0 Å². The third-order valence-electron chi connectivity index (χ3n) is 2.25. The van der Waals surface area contributed by atoms with Crippen LogP contribution >= 0.6 is 0 Å². The third-order valence-corrected chi connectivity index (χ3v) is 2.25. The van der Waals surface area contributed by atoms with Crippen LogP contribution in [0.15, 0.2) is 0 Å². The molecule has 0 radical (unpaired) electrons. The molecule has 0 aliphatic heterocycles. The molecule has 0 atom stereocenters. The average molecular weight is 174 g/mol. The third kappa shape index (κ3) is 6.62. The topological polar surface area (TPSA) is 20.2 Å². The SMILES string of the molecule is CCC[N+](C)(C)CCCCCO. The van der Waals surface area contributed by atoms with Crippen molar-refractivity contribution < 1.29 is 9.59 Å². The highest BCUT2D eigenvalue weighted by atomic mass is 16.2. The number of quaternary nitrogens is 1. The first-order valence-corrected chi connectivity index (χ1v) is 5.05. The van der Waals surface area contributed by atoms with Gasteiger partial charge in [-0.15, -0.1) is 0 Å². The highest BCUT2D eigenvalue weighted by Gasteiger charge is 2.11.